The smallest absolute Gasteiger partial charge is 0.0101 e. The lowest BCUT2D eigenvalue weighted by atomic mass is 10.1. The maximum Gasteiger partial charge on any atom is 0.0101 e. The highest BCUT2D eigenvalue weighted by Crippen LogP contribution is 2.05. The molecule has 0 heterocycles. The van der Waals surface area contributed by atoms with Gasteiger partial charge in [-0.05, 0) is 19.3 Å². The lowest BCUT2D eigenvalue weighted by Gasteiger charge is -2.12. The first-order chi connectivity index (χ1) is 5.57. The Balaban J connectivity index is 3.83. The van der Waals surface area contributed by atoms with Crippen molar-refractivity contribution in [1.29, 1.82) is 0 Å². The monoisotopic (exact) mass is 167 g/mol. The molecule has 0 aliphatic carbocycles. The molecule has 0 rings (SSSR count). The average Bonchev–Trinajstić information content (AvgIpc) is 2.00. The van der Waals surface area contributed by atoms with Gasteiger partial charge in [-0.2, -0.15) is 0 Å². The van der Waals surface area contributed by atoms with Gasteiger partial charge in [-0.1, -0.05) is 39.8 Å². The van der Waals surface area contributed by atoms with Crippen molar-refractivity contribution in [1.82, 2.24) is 5.32 Å². The Labute approximate surface area is 76.6 Å². The van der Waals surface area contributed by atoms with Crippen LogP contribution in [0.25, 0.3) is 0 Å². The van der Waals surface area contributed by atoms with Crippen LogP contribution in [0, 0.1) is 5.92 Å². The molecule has 0 amide bonds. The van der Waals surface area contributed by atoms with Gasteiger partial charge in [-0.15, -0.1) is 0 Å². The molecule has 0 aromatic carbocycles. The molecule has 0 fully saturated rings. The number of allylic oxidation sites excluding steroid dienone is 3. The molecule has 0 spiro atoms. The Morgan fingerprint density at radius 3 is 2.50 bits per heavy atom. The summed E-state index contributed by atoms with van der Waals surface area (Å²) in [5, 5.41) is 3.28. The highest BCUT2D eigenvalue weighted by molar-refractivity contribution is 5.07. The molecule has 0 aliphatic rings. The summed E-state index contributed by atoms with van der Waals surface area (Å²) in [4.78, 5) is 0. The van der Waals surface area contributed by atoms with E-state index in [2.05, 4.69) is 45.7 Å². The summed E-state index contributed by atoms with van der Waals surface area (Å²) in [6.07, 6.45) is 4.56. The van der Waals surface area contributed by atoms with Crippen LogP contribution in [-0.2, 0) is 0 Å². The second-order valence-corrected chi connectivity index (χ2v) is 3.48. The van der Waals surface area contributed by atoms with Crippen molar-refractivity contribution in [3.05, 3.63) is 24.0 Å². The van der Waals surface area contributed by atoms with E-state index in [1.54, 1.807) is 0 Å². The SMILES string of the molecule is C=C(N/C(C)=C\CCC)C(C)C. The molecule has 0 aromatic rings. The summed E-state index contributed by atoms with van der Waals surface area (Å²) < 4.78 is 0. The van der Waals surface area contributed by atoms with E-state index >= 15 is 0 Å². The Kier molecular flexibility index (Phi) is 5.52. The van der Waals surface area contributed by atoms with Crippen LogP contribution >= 0.6 is 0 Å². The summed E-state index contributed by atoms with van der Waals surface area (Å²) in [7, 11) is 0. The van der Waals surface area contributed by atoms with Crippen molar-refractivity contribution in [3.8, 4) is 0 Å². The number of nitrogens with one attached hydrogen (secondary N) is 1. The molecular formula is C11H21N. The molecule has 1 N–H and O–H groups in total. The van der Waals surface area contributed by atoms with Gasteiger partial charge in [-0.25, -0.2) is 0 Å². The van der Waals surface area contributed by atoms with Gasteiger partial charge in [0.05, 0.1) is 0 Å². The van der Waals surface area contributed by atoms with Crippen LogP contribution in [0.15, 0.2) is 24.0 Å². The quantitative estimate of drug-likeness (QED) is 0.661. The number of unbranched alkanes of at least 4 members (excludes halogenated alkanes) is 1. The third kappa shape index (κ3) is 5.00. The topological polar surface area (TPSA) is 12.0 Å². The van der Waals surface area contributed by atoms with Crippen molar-refractivity contribution in [3.63, 3.8) is 0 Å². The number of hydrogen-bond acceptors (Lipinski definition) is 1. The second-order valence-electron chi connectivity index (χ2n) is 3.48. The minimum atomic E-state index is 0.509. The normalized spacial score (nSPS) is 11.9. The van der Waals surface area contributed by atoms with Crippen LogP contribution in [0.2, 0.25) is 0 Å². The molecule has 1 heteroatoms. The molecular weight excluding hydrogens is 146 g/mol. The predicted molar refractivity (Wildman–Crippen MR) is 55.8 cm³/mol. The Hall–Kier alpha value is -0.720. The van der Waals surface area contributed by atoms with E-state index in [-0.39, 0.29) is 0 Å². The van der Waals surface area contributed by atoms with E-state index in [0.717, 1.165) is 12.1 Å². The fraction of sp³-hybridized carbons (Fsp3) is 0.636. The molecule has 0 aliphatic heterocycles. The van der Waals surface area contributed by atoms with Crippen LogP contribution in [0.3, 0.4) is 0 Å². The molecule has 0 atom stereocenters. The van der Waals surface area contributed by atoms with E-state index in [9.17, 15) is 0 Å². The van der Waals surface area contributed by atoms with Crippen molar-refractivity contribution in [2.75, 3.05) is 0 Å². The summed E-state index contributed by atoms with van der Waals surface area (Å²) in [5.74, 6) is 0.509. The third-order valence-corrected chi connectivity index (χ3v) is 1.79. The number of hydrogen-bond donors (Lipinski definition) is 1. The van der Waals surface area contributed by atoms with Crippen LogP contribution in [0.5, 0.6) is 0 Å². The van der Waals surface area contributed by atoms with E-state index in [1.807, 2.05) is 0 Å². The van der Waals surface area contributed by atoms with Crippen molar-refractivity contribution in [2.45, 2.75) is 40.5 Å². The van der Waals surface area contributed by atoms with Gasteiger partial charge < -0.3 is 5.32 Å². The van der Waals surface area contributed by atoms with Gasteiger partial charge in [0.2, 0.25) is 0 Å². The van der Waals surface area contributed by atoms with Gasteiger partial charge >= 0.3 is 0 Å². The molecule has 1 nitrogen and oxygen atoms in total. The standard InChI is InChI=1S/C11H21N/c1-6-7-8-10(4)12-11(5)9(2)3/h8-9,12H,5-7H2,1-4H3/b10-8-. The van der Waals surface area contributed by atoms with E-state index in [0.29, 0.717) is 5.92 Å². The first-order valence-electron chi connectivity index (χ1n) is 4.70. The van der Waals surface area contributed by atoms with E-state index < -0.39 is 0 Å². The maximum absolute atomic E-state index is 3.95. The summed E-state index contributed by atoms with van der Waals surface area (Å²) in [6.45, 7) is 12.5. The first kappa shape index (κ1) is 11.3. The van der Waals surface area contributed by atoms with Crippen LogP contribution in [0.4, 0.5) is 0 Å². The predicted octanol–water partition coefficient (Wildman–Crippen LogP) is 3.45. The molecule has 0 aromatic heterocycles. The Bertz CT molecular complexity index is 166. The van der Waals surface area contributed by atoms with Gasteiger partial charge in [0, 0.05) is 11.4 Å². The highest BCUT2D eigenvalue weighted by Gasteiger charge is 1.98. The van der Waals surface area contributed by atoms with E-state index in [1.165, 1.54) is 12.1 Å². The van der Waals surface area contributed by atoms with Gasteiger partial charge in [0.1, 0.15) is 0 Å². The van der Waals surface area contributed by atoms with Crippen molar-refractivity contribution < 1.29 is 0 Å². The lowest BCUT2D eigenvalue weighted by molar-refractivity contribution is 0.701. The van der Waals surface area contributed by atoms with Crippen molar-refractivity contribution in [2.24, 2.45) is 5.92 Å². The molecule has 0 saturated heterocycles. The van der Waals surface area contributed by atoms with Crippen LogP contribution < -0.4 is 5.32 Å². The highest BCUT2D eigenvalue weighted by atomic mass is 14.9. The van der Waals surface area contributed by atoms with E-state index in [4.69, 9.17) is 0 Å². The molecule has 70 valence electrons. The average molecular weight is 167 g/mol. The molecule has 0 saturated carbocycles. The lowest BCUT2D eigenvalue weighted by Crippen LogP contribution is -2.13. The summed E-state index contributed by atoms with van der Waals surface area (Å²) in [6, 6.07) is 0. The zero-order valence-corrected chi connectivity index (χ0v) is 8.78. The number of rotatable bonds is 5. The second kappa shape index (κ2) is 5.87. The van der Waals surface area contributed by atoms with Crippen LogP contribution in [0.1, 0.15) is 40.5 Å². The zero-order chi connectivity index (χ0) is 9.56. The minimum absolute atomic E-state index is 0.509. The Morgan fingerprint density at radius 2 is 2.08 bits per heavy atom. The fourth-order valence-corrected chi connectivity index (χ4v) is 0.809. The summed E-state index contributed by atoms with van der Waals surface area (Å²) >= 11 is 0. The molecule has 0 unspecified atom stereocenters. The minimum Gasteiger partial charge on any atom is -0.363 e. The third-order valence-electron chi connectivity index (χ3n) is 1.79. The van der Waals surface area contributed by atoms with Gasteiger partial charge in [0.25, 0.3) is 0 Å². The molecule has 12 heavy (non-hydrogen) atoms. The molecule has 0 bridgehead atoms. The maximum atomic E-state index is 3.95. The van der Waals surface area contributed by atoms with Gasteiger partial charge in [0.15, 0.2) is 0 Å². The Morgan fingerprint density at radius 1 is 1.50 bits per heavy atom. The first-order valence-corrected chi connectivity index (χ1v) is 4.70. The largest absolute Gasteiger partial charge is 0.363 e. The van der Waals surface area contributed by atoms with Crippen molar-refractivity contribution >= 4 is 0 Å². The van der Waals surface area contributed by atoms with Crippen LogP contribution in [-0.4, -0.2) is 0 Å². The fourth-order valence-electron chi connectivity index (χ4n) is 0.809. The molecule has 0 radical (unpaired) electrons. The summed E-state index contributed by atoms with van der Waals surface area (Å²) in [5.41, 5.74) is 2.32. The van der Waals surface area contributed by atoms with Gasteiger partial charge in [-0.3, -0.25) is 0 Å². The zero-order valence-electron chi connectivity index (χ0n) is 8.78.